The third-order valence-electron chi connectivity index (χ3n) is 2.86. The fourth-order valence-electron chi connectivity index (χ4n) is 1.56. The first-order valence-corrected chi connectivity index (χ1v) is 6.68. The van der Waals surface area contributed by atoms with E-state index in [4.69, 9.17) is 11.6 Å². The van der Waals surface area contributed by atoms with Crippen molar-refractivity contribution in [3.63, 3.8) is 0 Å². The molecule has 0 bridgehead atoms. The molecule has 0 N–H and O–H groups in total. The molecule has 0 saturated heterocycles. The van der Waals surface area contributed by atoms with Gasteiger partial charge in [-0.05, 0) is 39.7 Å². The van der Waals surface area contributed by atoms with Crippen molar-refractivity contribution in [1.82, 2.24) is 4.90 Å². The summed E-state index contributed by atoms with van der Waals surface area (Å²) in [6.07, 6.45) is 9.05. The van der Waals surface area contributed by atoms with Gasteiger partial charge in [-0.25, -0.2) is 0 Å². The second-order valence-corrected chi connectivity index (χ2v) is 4.63. The van der Waals surface area contributed by atoms with Crippen molar-refractivity contribution in [1.29, 1.82) is 0 Å². The van der Waals surface area contributed by atoms with Gasteiger partial charge in [0.1, 0.15) is 0 Å². The van der Waals surface area contributed by atoms with Crippen LogP contribution < -0.4 is 0 Å². The Morgan fingerprint density at radius 2 is 2.12 bits per heavy atom. The number of nitrogens with zero attached hydrogens (tertiary/aromatic N) is 1. The van der Waals surface area contributed by atoms with Crippen LogP contribution in [-0.4, -0.2) is 25.0 Å². The van der Waals surface area contributed by atoms with Gasteiger partial charge in [0.05, 0.1) is 0 Å². The Kier molecular flexibility index (Phi) is 9.75. The van der Waals surface area contributed by atoms with Gasteiger partial charge in [0.25, 0.3) is 0 Å². The molecule has 0 atom stereocenters. The molecular weight excluding hydrogens is 218 g/mol. The van der Waals surface area contributed by atoms with E-state index in [1.165, 1.54) is 32.4 Å². The SMILES string of the molecule is C/C=C(/Cl)CC.CCC1=CCCN(C)CC1. The van der Waals surface area contributed by atoms with Crippen LogP contribution in [0.4, 0.5) is 0 Å². The van der Waals surface area contributed by atoms with Gasteiger partial charge in [0.15, 0.2) is 0 Å². The zero-order chi connectivity index (χ0) is 12.4. The van der Waals surface area contributed by atoms with E-state index in [2.05, 4.69) is 24.9 Å². The van der Waals surface area contributed by atoms with Gasteiger partial charge < -0.3 is 4.90 Å². The fourth-order valence-corrected chi connectivity index (χ4v) is 1.56. The molecule has 1 heterocycles. The molecule has 0 aromatic rings. The van der Waals surface area contributed by atoms with Gasteiger partial charge in [-0.2, -0.15) is 0 Å². The highest BCUT2D eigenvalue weighted by Gasteiger charge is 2.03. The Morgan fingerprint density at radius 3 is 2.56 bits per heavy atom. The molecule has 1 aliphatic rings. The van der Waals surface area contributed by atoms with Crippen LogP contribution in [0.25, 0.3) is 0 Å². The summed E-state index contributed by atoms with van der Waals surface area (Å²) in [5, 5.41) is 0.940. The Balaban J connectivity index is 0.000000325. The number of allylic oxidation sites excluding steroid dienone is 2. The quantitative estimate of drug-likeness (QED) is 0.642. The van der Waals surface area contributed by atoms with E-state index in [9.17, 15) is 0 Å². The first kappa shape index (κ1) is 15.7. The molecule has 0 saturated carbocycles. The molecule has 94 valence electrons. The highest BCUT2D eigenvalue weighted by Crippen LogP contribution is 2.12. The molecule has 1 nitrogen and oxygen atoms in total. The second-order valence-electron chi connectivity index (χ2n) is 4.15. The number of halogens is 1. The molecule has 16 heavy (non-hydrogen) atoms. The summed E-state index contributed by atoms with van der Waals surface area (Å²) in [6.45, 7) is 8.70. The van der Waals surface area contributed by atoms with Crippen LogP contribution in [0.15, 0.2) is 22.8 Å². The Morgan fingerprint density at radius 1 is 1.44 bits per heavy atom. The molecule has 0 aromatic heterocycles. The standard InChI is InChI=1S/C9H17N.C5H9Cl/c1-3-9-5-4-7-10(2)8-6-9;1-3-5(6)4-2/h5H,3-4,6-8H2,1-2H3;3H,4H2,1-2H3/b;5-3+. The number of rotatable bonds is 2. The molecule has 0 amide bonds. The van der Waals surface area contributed by atoms with Crippen LogP contribution in [0.5, 0.6) is 0 Å². The van der Waals surface area contributed by atoms with Crippen molar-refractivity contribution in [2.45, 2.75) is 46.5 Å². The first-order valence-electron chi connectivity index (χ1n) is 6.31. The lowest BCUT2D eigenvalue weighted by Gasteiger charge is -2.11. The fraction of sp³-hybridized carbons (Fsp3) is 0.714. The minimum atomic E-state index is 0.940. The predicted octanol–water partition coefficient (Wildman–Crippen LogP) is 4.59. The number of hydrogen-bond acceptors (Lipinski definition) is 1. The normalized spacial score (nSPS) is 18.3. The average Bonchev–Trinajstić information content (AvgIpc) is 2.53. The van der Waals surface area contributed by atoms with E-state index in [0.29, 0.717) is 0 Å². The lowest BCUT2D eigenvalue weighted by molar-refractivity contribution is 0.352. The van der Waals surface area contributed by atoms with E-state index in [-0.39, 0.29) is 0 Å². The third-order valence-corrected chi connectivity index (χ3v) is 3.35. The molecule has 1 rings (SSSR count). The summed E-state index contributed by atoms with van der Waals surface area (Å²) < 4.78 is 0. The van der Waals surface area contributed by atoms with Gasteiger partial charge in [-0.1, -0.05) is 43.2 Å². The predicted molar refractivity (Wildman–Crippen MR) is 75.0 cm³/mol. The van der Waals surface area contributed by atoms with Crippen LogP contribution in [-0.2, 0) is 0 Å². The van der Waals surface area contributed by atoms with E-state index in [0.717, 1.165) is 11.5 Å². The zero-order valence-corrected chi connectivity index (χ0v) is 12.0. The van der Waals surface area contributed by atoms with Crippen molar-refractivity contribution in [3.8, 4) is 0 Å². The summed E-state index contributed by atoms with van der Waals surface area (Å²) in [4.78, 5) is 2.40. The van der Waals surface area contributed by atoms with Gasteiger partial charge in [-0.15, -0.1) is 0 Å². The second kappa shape index (κ2) is 9.92. The van der Waals surface area contributed by atoms with Crippen LogP contribution in [0.1, 0.15) is 46.5 Å². The lowest BCUT2D eigenvalue weighted by atomic mass is 10.1. The maximum atomic E-state index is 5.51. The van der Waals surface area contributed by atoms with Crippen LogP contribution in [0, 0.1) is 0 Å². The topological polar surface area (TPSA) is 3.24 Å². The van der Waals surface area contributed by atoms with Crippen molar-refractivity contribution in [2.75, 3.05) is 20.1 Å². The smallest absolute Gasteiger partial charge is 0.0135 e. The maximum Gasteiger partial charge on any atom is 0.0135 e. The van der Waals surface area contributed by atoms with E-state index >= 15 is 0 Å². The van der Waals surface area contributed by atoms with Gasteiger partial charge in [0.2, 0.25) is 0 Å². The zero-order valence-electron chi connectivity index (χ0n) is 11.2. The monoisotopic (exact) mass is 243 g/mol. The molecule has 1 aliphatic heterocycles. The van der Waals surface area contributed by atoms with Gasteiger partial charge in [-0.3, -0.25) is 0 Å². The Bertz CT molecular complexity index is 231. The van der Waals surface area contributed by atoms with Crippen molar-refractivity contribution < 1.29 is 0 Å². The molecular formula is C14H26ClN. The summed E-state index contributed by atoms with van der Waals surface area (Å²) in [5.41, 5.74) is 1.64. The van der Waals surface area contributed by atoms with Crippen LogP contribution >= 0.6 is 11.6 Å². The van der Waals surface area contributed by atoms with Gasteiger partial charge >= 0.3 is 0 Å². The Labute approximate surface area is 106 Å². The summed E-state index contributed by atoms with van der Waals surface area (Å²) in [6, 6.07) is 0. The highest BCUT2D eigenvalue weighted by molar-refractivity contribution is 6.29. The van der Waals surface area contributed by atoms with Crippen molar-refractivity contribution in [2.24, 2.45) is 0 Å². The minimum absolute atomic E-state index is 0.940. The molecule has 0 unspecified atom stereocenters. The molecule has 0 aliphatic carbocycles. The number of hydrogen-bond donors (Lipinski definition) is 0. The molecule has 2 heteroatoms. The van der Waals surface area contributed by atoms with Crippen LogP contribution in [0.3, 0.4) is 0 Å². The first-order chi connectivity index (χ1) is 7.63. The van der Waals surface area contributed by atoms with Gasteiger partial charge in [0, 0.05) is 18.1 Å². The van der Waals surface area contributed by atoms with E-state index in [1.54, 1.807) is 5.57 Å². The molecule has 0 aromatic carbocycles. The molecule has 0 spiro atoms. The van der Waals surface area contributed by atoms with E-state index in [1.807, 2.05) is 19.9 Å². The summed E-state index contributed by atoms with van der Waals surface area (Å²) in [7, 11) is 2.20. The van der Waals surface area contributed by atoms with Crippen molar-refractivity contribution in [3.05, 3.63) is 22.8 Å². The average molecular weight is 244 g/mol. The molecule has 0 fully saturated rings. The largest absolute Gasteiger partial charge is 0.306 e. The maximum absolute atomic E-state index is 5.51. The summed E-state index contributed by atoms with van der Waals surface area (Å²) >= 11 is 5.51. The third kappa shape index (κ3) is 7.95. The molecule has 0 radical (unpaired) electrons. The summed E-state index contributed by atoms with van der Waals surface area (Å²) in [5.74, 6) is 0. The highest BCUT2D eigenvalue weighted by atomic mass is 35.5. The lowest BCUT2D eigenvalue weighted by Crippen LogP contribution is -2.18. The van der Waals surface area contributed by atoms with Crippen molar-refractivity contribution >= 4 is 11.6 Å². The van der Waals surface area contributed by atoms with E-state index < -0.39 is 0 Å². The van der Waals surface area contributed by atoms with Crippen LogP contribution in [0.2, 0.25) is 0 Å². The Hall–Kier alpha value is -0.270. The minimum Gasteiger partial charge on any atom is -0.306 e.